The highest BCUT2D eigenvalue weighted by Crippen LogP contribution is 2.30. The molecule has 1 aromatic rings. The molecule has 19 heavy (non-hydrogen) atoms. The molecular weight excluding hydrogens is 298 g/mol. The second-order valence-electron chi connectivity index (χ2n) is 5.92. The second-order valence-corrected chi connectivity index (χ2v) is 6.77. The van der Waals surface area contributed by atoms with Crippen LogP contribution in [-0.4, -0.2) is 6.04 Å². The van der Waals surface area contributed by atoms with Gasteiger partial charge < -0.3 is 5.32 Å². The lowest BCUT2D eigenvalue weighted by Crippen LogP contribution is -2.19. The summed E-state index contributed by atoms with van der Waals surface area (Å²) in [5.74, 6) is 0.973. The molecule has 0 heterocycles. The molecule has 1 aromatic carbocycles. The van der Waals surface area contributed by atoms with Gasteiger partial charge in [-0.2, -0.15) is 0 Å². The van der Waals surface area contributed by atoms with E-state index in [1.807, 2.05) is 0 Å². The van der Waals surface area contributed by atoms with Gasteiger partial charge in [-0.1, -0.05) is 54.6 Å². The van der Waals surface area contributed by atoms with Gasteiger partial charge in [-0.15, -0.1) is 0 Å². The number of anilines is 1. The Labute approximate surface area is 126 Å². The average Bonchev–Trinajstić information content (AvgIpc) is 2.61. The summed E-state index contributed by atoms with van der Waals surface area (Å²) >= 11 is 3.62. The van der Waals surface area contributed by atoms with Crippen molar-refractivity contribution in [1.29, 1.82) is 0 Å². The number of hydrogen-bond donors (Lipinski definition) is 1. The van der Waals surface area contributed by atoms with Crippen LogP contribution in [0.2, 0.25) is 0 Å². The quantitative estimate of drug-likeness (QED) is 0.678. The van der Waals surface area contributed by atoms with Crippen LogP contribution in [0.1, 0.15) is 57.4 Å². The lowest BCUT2D eigenvalue weighted by atomic mass is 9.95. The zero-order chi connectivity index (χ0) is 13.7. The van der Waals surface area contributed by atoms with E-state index in [1.165, 1.54) is 60.7 Å². The van der Waals surface area contributed by atoms with Crippen LogP contribution in [0.5, 0.6) is 0 Å². The predicted octanol–water partition coefficient (Wildman–Crippen LogP) is 5.92. The Balaban J connectivity index is 1.94. The average molecular weight is 324 g/mol. The fourth-order valence-electron chi connectivity index (χ4n) is 3.20. The molecule has 0 saturated heterocycles. The van der Waals surface area contributed by atoms with Crippen molar-refractivity contribution in [2.75, 3.05) is 5.32 Å². The first kappa shape index (κ1) is 14.9. The van der Waals surface area contributed by atoms with Gasteiger partial charge in [0.1, 0.15) is 0 Å². The van der Waals surface area contributed by atoms with Crippen LogP contribution in [0.25, 0.3) is 0 Å². The molecule has 2 unspecified atom stereocenters. The third kappa shape index (κ3) is 4.24. The number of rotatable bonds is 4. The molecule has 0 spiro atoms. The fraction of sp³-hybridized carbons (Fsp3) is 0.647. The van der Waals surface area contributed by atoms with E-state index in [4.69, 9.17) is 0 Å². The molecule has 1 aliphatic rings. The first-order valence-corrected chi connectivity index (χ1v) is 8.51. The molecule has 0 aliphatic heterocycles. The minimum Gasteiger partial charge on any atom is -0.382 e. The molecule has 0 bridgehead atoms. The zero-order valence-electron chi connectivity index (χ0n) is 12.2. The first-order valence-electron chi connectivity index (χ1n) is 7.72. The predicted molar refractivity (Wildman–Crippen MR) is 87.8 cm³/mol. The summed E-state index contributed by atoms with van der Waals surface area (Å²) in [4.78, 5) is 0. The van der Waals surface area contributed by atoms with E-state index >= 15 is 0 Å². The maximum Gasteiger partial charge on any atom is 0.0383 e. The molecule has 1 N–H and O–H groups in total. The first-order chi connectivity index (χ1) is 9.20. The second kappa shape index (κ2) is 7.33. The Kier molecular flexibility index (Phi) is 5.75. The molecule has 106 valence electrons. The lowest BCUT2D eigenvalue weighted by molar-refractivity contribution is 0.422. The number of benzene rings is 1. The fourth-order valence-corrected chi connectivity index (χ4v) is 3.57. The van der Waals surface area contributed by atoms with Crippen LogP contribution in [-0.2, 0) is 0 Å². The third-order valence-electron chi connectivity index (χ3n) is 4.41. The molecule has 0 aromatic heterocycles. The minimum absolute atomic E-state index is 0.662. The standard InChI is InChI=1S/C17H26BrN/c1-3-6-14-7-4-8-15(12-11-14)19-17-10-5-9-16(18)13(17)2/h5,9-10,14-15,19H,3-4,6-8,11-12H2,1-2H3. The van der Waals surface area contributed by atoms with Gasteiger partial charge in [-0.3, -0.25) is 0 Å². The van der Waals surface area contributed by atoms with E-state index in [9.17, 15) is 0 Å². The molecule has 1 aliphatic carbocycles. The molecule has 1 saturated carbocycles. The van der Waals surface area contributed by atoms with Crippen molar-refractivity contribution in [3.05, 3.63) is 28.2 Å². The van der Waals surface area contributed by atoms with E-state index in [0.717, 1.165) is 5.92 Å². The van der Waals surface area contributed by atoms with Gasteiger partial charge in [0.25, 0.3) is 0 Å². The van der Waals surface area contributed by atoms with Crippen molar-refractivity contribution in [2.45, 2.75) is 64.8 Å². The smallest absolute Gasteiger partial charge is 0.0383 e. The zero-order valence-corrected chi connectivity index (χ0v) is 13.8. The van der Waals surface area contributed by atoms with Crippen LogP contribution >= 0.6 is 15.9 Å². The summed E-state index contributed by atoms with van der Waals surface area (Å²) in [6.45, 7) is 4.49. The molecule has 1 nitrogen and oxygen atoms in total. The van der Waals surface area contributed by atoms with Crippen molar-refractivity contribution in [2.24, 2.45) is 5.92 Å². The Morgan fingerprint density at radius 2 is 2.05 bits per heavy atom. The molecule has 1 fully saturated rings. The Morgan fingerprint density at radius 3 is 2.84 bits per heavy atom. The van der Waals surface area contributed by atoms with Crippen molar-refractivity contribution in [1.82, 2.24) is 0 Å². The van der Waals surface area contributed by atoms with Gasteiger partial charge in [0.15, 0.2) is 0 Å². The normalized spacial score (nSPS) is 23.9. The summed E-state index contributed by atoms with van der Waals surface area (Å²) in [5.41, 5.74) is 2.63. The lowest BCUT2D eigenvalue weighted by Gasteiger charge is -2.20. The van der Waals surface area contributed by atoms with Crippen LogP contribution < -0.4 is 5.32 Å². The van der Waals surface area contributed by atoms with Gasteiger partial charge in [-0.25, -0.2) is 0 Å². The van der Waals surface area contributed by atoms with Gasteiger partial charge in [0.2, 0.25) is 0 Å². The molecule has 0 radical (unpaired) electrons. The maximum absolute atomic E-state index is 3.76. The van der Waals surface area contributed by atoms with Gasteiger partial charge in [0.05, 0.1) is 0 Å². The van der Waals surface area contributed by atoms with E-state index in [2.05, 4.69) is 53.3 Å². The highest BCUT2D eigenvalue weighted by atomic mass is 79.9. The number of nitrogens with one attached hydrogen (secondary N) is 1. The molecule has 0 amide bonds. The van der Waals surface area contributed by atoms with E-state index in [0.29, 0.717) is 6.04 Å². The molecule has 2 rings (SSSR count). The van der Waals surface area contributed by atoms with Crippen LogP contribution in [0.15, 0.2) is 22.7 Å². The van der Waals surface area contributed by atoms with E-state index in [-0.39, 0.29) is 0 Å². The SMILES string of the molecule is CCCC1CCCC(Nc2cccc(Br)c2C)CC1. The van der Waals surface area contributed by atoms with Crippen LogP contribution in [0, 0.1) is 12.8 Å². The van der Waals surface area contributed by atoms with Crippen molar-refractivity contribution in [3.63, 3.8) is 0 Å². The van der Waals surface area contributed by atoms with Gasteiger partial charge >= 0.3 is 0 Å². The van der Waals surface area contributed by atoms with Crippen LogP contribution in [0.4, 0.5) is 5.69 Å². The summed E-state index contributed by atoms with van der Waals surface area (Å²) in [6.07, 6.45) is 9.64. The van der Waals surface area contributed by atoms with Gasteiger partial charge in [-0.05, 0) is 49.8 Å². The monoisotopic (exact) mass is 323 g/mol. The highest BCUT2D eigenvalue weighted by molar-refractivity contribution is 9.10. The number of halogens is 1. The largest absolute Gasteiger partial charge is 0.382 e. The van der Waals surface area contributed by atoms with E-state index in [1.54, 1.807) is 0 Å². The summed E-state index contributed by atoms with van der Waals surface area (Å²) < 4.78 is 1.20. The maximum atomic E-state index is 3.76. The molecular formula is C17H26BrN. The number of hydrogen-bond acceptors (Lipinski definition) is 1. The molecule has 2 atom stereocenters. The van der Waals surface area contributed by atoms with Crippen molar-refractivity contribution in [3.8, 4) is 0 Å². The topological polar surface area (TPSA) is 12.0 Å². The third-order valence-corrected chi connectivity index (χ3v) is 5.27. The van der Waals surface area contributed by atoms with Crippen molar-refractivity contribution >= 4 is 21.6 Å². The Bertz CT molecular complexity index is 402. The summed E-state index contributed by atoms with van der Waals surface area (Å²) in [7, 11) is 0. The van der Waals surface area contributed by atoms with Crippen molar-refractivity contribution < 1.29 is 0 Å². The minimum atomic E-state index is 0.662. The molecule has 2 heteroatoms. The Hall–Kier alpha value is -0.500. The summed E-state index contributed by atoms with van der Waals surface area (Å²) in [5, 5.41) is 3.76. The summed E-state index contributed by atoms with van der Waals surface area (Å²) in [6, 6.07) is 7.10. The van der Waals surface area contributed by atoms with E-state index < -0.39 is 0 Å². The van der Waals surface area contributed by atoms with Gasteiger partial charge in [0, 0.05) is 16.2 Å². The van der Waals surface area contributed by atoms with Crippen LogP contribution in [0.3, 0.4) is 0 Å². The Morgan fingerprint density at radius 1 is 1.21 bits per heavy atom. The highest BCUT2D eigenvalue weighted by Gasteiger charge is 2.18.